The number of hydrogen-bond donors (Lipinski definition) is 1. The van der Waals surface area contributed by atoms with Gasteiger partial charge in [-0.15, -0.1) is 0 Å². The van der Waals surface area contributed by atoms with E-state index in [1.807, 2.05) is 0 Å². The number of piperazine rings is 1. The van der Waals surface area contributed by atoms with Crippen molar-refractivity contribution < 1.29 is 18.4 Å². The maximum atomic E-state index is 13.9. The van der Waals surface area contributed by atoms with E-state index < -0.39 is 29.6 Å². The molecule has 0 bridgehead atoms. The van der Waals surface area contributed by atoms with Crippen LogP contribution in [0.4, 0.5) is 14.5 Å². The molecule has 0 aromatic heterocycles. The highest BCUT2D eigenvalue weighted by molar-refractivity contribution is 6.08. The summed E-state index contributed by atoms with van der Waals surface area (Å²) in [6.07, 6.45) is 0.721. The molecule has 108 valence electrons. The van der Waals surface area contributed by atoms with E-state index in [-0.39, 0.29) is 11.6 Å². The van der Waals surface area contributed by atoms with Gasteiger partial charge >= 0.3 is 0 Å². The Morgan fingerprint density at radius 1 is 1.20 bits per heavy atom. The first-order valence-corrected chi connectivity index (χ1v) is 6.58. The zero-order valence-electron chi connectivity index (χ0n) is 11.3. The molecule has 1 N–H and O–H groups in total. The van der Waals surface area contributed by atoms with Crippen molar-refractivity contribution in [1.29, 1.82) is 0 Å². The number of nitrogens with zero attached hydrogens (tertiary/aromatic N) is 1. The van der Waals surface area contributed by atoms with Crippen LogP contribution in [-0.4, -0.2) is 23.9 Å². The number of benzene rings is 1. The minimum Gasteiger partial charge on any atom is -0.342 e. The van der Waals surface area contributed by atoms with Crippen molar-refractivity contribution in [3.63, 3.8) is 0 Å². The Morgan fingerprint density at radius 2 is 1.90 bits per heavy atom. The van der Waals surface area contributed by atoms with E-state index in [2.05, 4.69) is 5.32 Å². The van der Waals surface area contributed by atoms with Gasteiger partial charge < -0.3 is 5.32 Å². The molecule has 20 heavy (non-hydrogen) atoms. The maximum Gasteiger partial charge on any atom is 0.250 e. The Balaban J connectivity index is 2.51. The smallest absolute Gasteiger partial charge is 0.250 e. The van der Waals surface area contributed by atoms with E-state index in [0.29, 0.717) is 12.8 Å². The molecule has 1 fully saturated rings. The first-order chi connectivity index (χ1) is 9.51. The Morgan fingerprint density at radius 3 is 2.50 bits per heavy atom. The second kappa shape index (κ2) is 5.56. The van der Waals surface area contributed by atoms with Crippen molar-refractivity contribution in [3.05, 3.63) is 29.8 Å². The summed E-state index contributed by atoms with van der Waals surface area (Å²) in [5.41, 5.74) is -0.185. The van der Waals surface area contributed by atoms with E-state index in [9.17, 15) is 18.4 Å². The molecule has 2 rings (SSSR count). The minimum absolute atomic E-state index is 0.185. The van der Waals surface area contributed by atoms with Crippen molar-refractivity contribution in [3.8, 4) is 0 Å². The molecule has 4 nitrogen and oxygen atoms in total. The fourth-order valence-electron chi connectivity index (χ4n) is 2.38. The van der Waals surface area contributed by atoms with Crippen LogP contribution in [0.25, 0.3) is 0 Å². The molecule has 1 heterocycles. The largest absolute Gasteiger partial charge is 0.342 e. The molecule has 2 amide bonds. The predicted molar refractivity (Wildman–Crippen MR) is 70.1 cm³/mol. The fourth-order valence-corrected chi connectivity index (χ4v) is 2.38. The van der Waals surface area contributed by atoms with Gasteiger partial charge in [-0.25, -0.2) is 8.78 Å². The van der Waals surface area contributed by atoms with Gasteiger partial charge in [0, 0.05) is 0 Å². The second-order valence-corrected chi connectivity index (χ2v) is 4.67. The standard InChI is InChI=1S/C14H16F2N2O2/c1-3-9-14(20)18(10(4-2)13(19)17-9)11-7-5-6-8(15)12(11)16/h5-7,9-10H,3-4H2,1-2H3,(H,17,19). The van der Waals surface area contributed by atoms with Crippen molar-refractivity contribution >= 4 is 17.5 Å². The van der Waals surface area contributed by atoms with Crippen molar-refractivity contribution in [2.75, 3.05) is 4.90 Å². The topological polar surface area (TPSA) is 49.4 Å². The minimum atomic E-state index is -1.11. The first kappa shape index (κ1) is 14.4. The molecule has 1 aliphatic rings. The number of carbonyl (C=O) groups excluding carboxylic acids is 2. The van der Waals surface area contributed by atoms with Gasteiger partial charge in [-0.05, 0) is 25.0 Å². The summed E-state index contributed by atoms with van der Waals surface area (Å²) in [6, 6.07) is 2.09. The highest BCUT2D eigenvalue weighted by Gasteiger charge is 2.40. The number of carbonyl (C=O) groups is 2. The summed E-state index contributed by atoms with van der Waals surface area (Å²) in [5, 5.41) is 2.60. The summed E-state index contributed by atoms with van der Waals surface area (Å²) < 4.78 is 27.3. The lowest BCUT2D eigenvalue weighted by atomic mass is 10.0. The number of nitrogens with one attached hydrogen (secondary N) is 1. The molecule has 0 saturated carbocycles. The van der Waals surface area contributed by atoms with Crippen LogP contribution in [0.15, 0.2) is 18.2 Å². The molecule has 2 unspecified atom stereocenters. The molecular formula is C14H16F2N2O2. The van der Waals surface area contributed by atoms with Gasteiger partial charge in [0.15, 0.2) is 11.6 Å². The zero-order valence-corrected chi connectivity index (χ0v) is 11.3. The monoisotopic (exact) mass is 282 g/mol. The van der Waals surface area contributed by atoms with Gasteiger partial charge in [0.05, 0.1) is 5.69 Å². The molecule has 1 aromatic carbocycles. The lowest BCUT2D eigenvalue weighted by Gasteiger charge is -2.38. The van der Waals surface area contributed by atoms with Gasteiger partial charge in [-0.3, -0.25) is 14.5 Å². The number of hydrogen-bond acceptors (Lipinski definition) is 2. The molecule has 1 saturated heterocycles. The van der Waals surface area contributed by atoms with Gasteiger partial charge in [0.1, 0.15) is 12.1 Å². The van der Waals surface area contributed by atoms with Gasteiger partial charge in [-0.2, -0.15) is 0 Å². The van der Waals surface area contributed by atoms with Crippen LogP contribution in [0.5, 0.6) is 0 Å². The summed E-state index contributed by atoms with van der Waals surface area (Å²) >= 11 is 0. The Labute approximate surface area is 115 Å². The fraction of sp³-hybridized carbons (Fsp3) is 0.429. The Bertz CT molecular complexity index is 548. The maximum absolute atomic E-state index is 13.9. The van der Waals surface area contributed by atoms with Crippen molar-refractivity contribution in [2.45, 2.75) is 38.8 Å². The summed E-state index contributed by atoms with van der Waals surface area (Å²) in [7, 11) is 0. The Hall–Kier alpha value is -1.98. The van der Waals surface area contributed by atoms with E-state index in [1.165, 1.54) is 12.1 Å². The van der Waals surface area contributed by atoms with Crippen LogP contribution in [0.1, 0.15) is 26.7 Å². The van der Waals surface area contributed by atoms with Crippen LogP contribution < -0.4 is 10.2 Å². The van der Waals surface area contributed by atoms with E-state index >= 15 is 0 Å². The van der Waals surface area contributed by atoms with Crippen LogP contribution in [-0.2, 0) is 9.59 Å². The van der Waals surface area contributed by atoms with Crippen LogP contribution in [0.2, 0.25) is 0 Å². The number of anilines is 1. The van der Waals surface area contributed by atoms with Gasteiger partial charge in [0.25, 0.3) is 0 Å². The summed E-state index contributed by atoms with van der Waals surface area (Å²) in [6.45, 7) is 3.46. The lowest BCUT2D eigenvalue weighted by molar-refractivity contribution is -0.134. The quantitative estimate of drug-likeness (QED) is 0.921. The molecule has 0 radical (unpaired) electrons. The third kappa shape index (κ3) is 2.26. The summed E-state index contributed by atoms with van der Waals surface area (Å²) in [4.78, 5) is 25.4. The zero-order chi connectivity index (χ0) is 14.9. The molecule has 0 aliphatic carbocycles. The van der Waals surface area contributed by atoms with Gasteiger partial charge in [0.2, 0.25) is 11.8 Å². The lowest BCUT2D eigenvalue weighted by Crippen LogP contribution is -2.63. The molecule has 1 aromatic rings. The van der Waals surface area contributed by atoms with Gasteiger partial charge in [-0.1, -0.05) is 19.9 Å². The van der Waals surface area contributed by atoms with E-state index in [0.717, 1.165) is 11.0 Å². The molecule has 0 spiro atoms. The van der Waals surface area contributed by atoms with Crippen LogP contribution in [0.3, 0.4) is 0 Å². The van der Waals surface area contributed by atoms with Crippen molar-refractivity contribution in [2.24, 2.45) is 0 Å². The summed E-state index contributed by atoms with van der Waals surface area (Å²) in [5.74, 6) is -2.90. The van der Waals surface area contributed by atoms with E-state index in [1.54, 1.807) is 13.8 Å². The molecule has 1 aliphatic heterocycles. The SMILES string of the molecule is CCC1NC(=O)C(CC)N(c2cccc(F)c2F)C1=O. The molecule has 6 heteroatoms. The highest BCUT2D eigenvalue weighted by atomic mass is 19.2. The molecule has 2 atom stereocenters. The second-order valence-electron chi connectivity index (χ2n) is 4.67. The Kier molecular flexibility index (Phi) is 4.01. The van der Waals surface area contributed by atoms with Crippen molar-refractivity contribution in [1.82, 2.24) is 5.32 Å². The highest BCUT2D eigenvalue weighted by Crippen LogP contribution is 2.27. The number of amides is 2. The number of halogens is 2. The third-order valence-corrected chi connectivity index (χ3v) is 3.45. The predicted octanol–water partition coefficient (Wildman–Crippen LogP) is 1.98. The third-order valence-electron chi connectivity index (χ3n) is 3.45. The van der Waals surface area contributed by atoms with Crippen LogP contribution in [0, 0.1) is 11.6 Å². The van der Waals surface area contributed by atoms with Crippen LogP contribution >= 0.6 is 0 Å². The average molecular weight is 282 g/mol. The molecular weight excluding hydrogens is 266 g/mol. The normalized spacial score (nSPS) is 22.9. The first-order valence-electron chi connectivity index (χ1n) is 6.58. The van der Waals surface area contributed by atoms with E-state index in [4.69, 9.17) is 0 Å². The average Bonchev–Trinajstić information content (AvgIpc) is 2.44. The number of rotatable bonds is 3.